The number of hydrogen-bond acceptors (Lipinski definition) is 1. The second-order valence-electron chi connectivity index (χ2n) is 15.8. The molecule has 13 aromatic rings. The van der Waals surface area contributed by atoms with Crippen molar-refractivity contribution in [2.45, 2.75) is 0 Å². The van der Waals surface area contributed by atoms with Crippen LogP contribution in [0.25, 0.3) is 127 Å². The molecule has 0 radical (unpaired) electrons. The van der Waals surface area contributed by atoms with Gasteiger partial charge in [-0.05, 0) is 0 Å². The van der Waals surface area contributed by atoms with Gasteiger partial charge in [-0.3, -0.25) is 0 Å². The van der Waals surface area contributed by atoms with Gasteiger partial charge in [0.25, 0.3) is 0 Å². The van der Waals surface area contributed by atoms with Gasteiger partial charge in [-0.2, -0.15) is 0 Å². The maximum absolute atomic E-state index is 2.52. The first-order chi connectivity index (χ1) is 29.8. The fourth-order valence-electron chi connectivity index (χ4n) is 10.2. The molecular formula is C58H34SSe. The summed E-state index contributed by atoms with van der Waals surface area (Å²) in [6, 6.07) is 77.2. The number of thiophene rings is 1. The van der Waals surface area contributed by atoms with Crippen molar-refractivity contribution in [1.82, 2.24) is 0 Å². The van der Waals surface area contributed by atoms with Gasteiger partial charge in [-0.15, -0.1) is 0 Å². The van der Waals surface area contributed by atoms with Crippen molar-refractivity contribution in [3.8, 4) is 44.5 Å². The third-order valence-electron chi connectivity index (χ3n) is 12.7. The van der Waals surface area contributed by atoms with Crippen LogP contribution in [0.15, 0.2) is 206 Å². The van der Waals surface area contributed by atoms with E-state index in [1.165, 1.54) is 127 Å². The Morgan fingerprint density at radius 2 is 0.733 bits per heavy atom. The van der Waals surface area contributed by atoms with E-state index in [1.807, 2.05) is 11.3 Å². The topological polar surface area (TPSA) is 0 Å². The normalized spacial score (nSPS) is 12.0. The predicted octanol–water partition coefficient (Wildman–Crippen LogP) is 16.7. The van der Waals surface area contributed by atoms with Crippen LogP contribution in [-0.4, -0.2) is 14.5 Å². The number of hydrogen-bond donors (Lipinski definition) is 0. The summed E-state index contributed by atoms with van der Waals surface area (Å²) in [7, 11) is 0. The third-order valence-corrected chi connectivity index (χ3v) is 16.4. The minimum absolute atomic E-state index is 0.111. The predicted molar refractivity (Wildman–Crippen MR) is 263 cm³/mol. The van der Waals surface area contributed by atoms with E-state index in [0.29, 0.717) is 0 Å². The van der Waals surface area contributed by atoms with Crippen molar-refractivity contribution >= 4 is 108 Å². The van der Waals surface area contributed by atoms with Crippen LogP contribution in [0, 0.1) is 0 Å². The zero-order valence-corrected chi connectivity index (χ0v) is 35.0. The Balaban J connectivity index is 1.05. The van der Waals surface area contributed by atoms with Gasteiger partial charge >= 0.3 is 347 Å². The van der Waals surface area contributed by atoms with Crippen LogP contribution in [-0.2, 0) is 0 Å². The molecule has 2 heterocycles. The van der Waals surface area contributed by atoms with Crippen molar-refractivity contribution < 1.29 is 0 Å². The molecule has 0 amide bonds. The molecule has 0 aliphatic heterocycles. The van der Waals surface area contributed by atoms with Gasteiger partial charge in [-0.1, -0.05) is 12.1 Å². The molecule has 0 saturated carbocycles. The fraction of sp³-hybridized carbons (Fsp3) is 0. The molecule has 0 atom stereocenters. The zero-order valence-electron chi connectivity index (χ0n) is 32.4. The Bertz CT molecular complexity index is 3770. The minimum atomic E-state index is 0.111. The number of benzene rings is 11. The Morgan fingerprint density at radius 1 is 0.283 bits per heavy atom. The molecule has 0 aliphatic rings. The first-order valence-corrected chi connectivity index (χ1v) is 23.1. The molecule has 0 aliphatic carbocycles. The van der Waals surface area contributed by atoms with E-state index in [-0.39, 0.29) is 14.5 Å². The molecule has 0 saturated heterocycles. The van der Waals surface area contributed by atoms with E-state index < -0.39 is 0 Å². The second-order valence-corrected chi connectivity index (χ2v) is 19.1. The van der Waals surface area contributed by atoms with Crippen molar-refractivity contribution in [1.29, 1.82) is 0 Å². The molecule has 0 nitrogen and oxygen atoms in total. The SMILES string of the molecule is c1ccc(-c2c3ccccc3c(-c3cccc4c3[se]c3cc(-c5c6ccccc6c(-c6cccc7c6sc6ccccc67)c6ccccc56)ccc34)c3ccccc23)cc1. The van der Waals surface area contributed by atoms with Gasteiger partial charge in [-0.25, -0.2) is 0 Å². The molecule has 0 N–H and O–H groups in total. The van der Waals surface area contributed by atoms with Gasteiger partial charge in [0.2, 0.25) is 0 Å². The molecule has 2 aromatic heterocycles. The van der Waals surface area contributed by atoms with E-state index in [1.54, 1.807) is 0 Å². The summed E-state index contributed by atoms with van der Waals surface area (Å²) in [5.74, 6) is 0. The van der Waals surface area contributed by atoms with Crippen molar-refractivity contribution in [2.75, 3.05) is 0 Å². The van der Waals surface area contributed by atoms with Gasteiger partial charge < -0.3 is 0 Å². The summed E-state index contributed by atoms with van der Waals surface area (Å²) in [4.78, 5) is 0. The van der Waals surface area contributed by atoms with E-state index >= 15 is 0 Å². The van der Waals surface area contributed by atoms with Crippen molar-refractivity contribution in [3.05, 3.63) is 206 Å². The van der Waals surface area contributed by atoms with Crippen LogP contribution >= 0.6 is 11.3 Å². The summed E-state index contributed by atoms with van der Waals surface area (Å²) in [5.41, 5.74) is 10.5. The van der Waals surface area contributed by atoms with Crippen LogP contribution in [0.3, 0.4) is 0 Å². The third kappa shape index (κ3) is 4.97. The van der Waals surface area contributed by atoms with E-state index in [2.05, 4.69) is 206 Å². The Kier molecular flexibility index (Phi) is 7.59. The molecule has 2 heteroatoms. The average molecular weight is 842 g/mol. The van der Waals surface area contributed by atoms with Gasteiger partial charge in [0, 0.05) is 0 Å². The fourth-order valence-corrected chi connectivity index (χ4v) is 14.0. The molecule has 0 bridgehead atoms. The maximum atomic E-state index is 2.52. The monoisotopic (exact) mass is 842 g/mol. The van der Waals surface area contributed by atoms with Crippen molar-refractivity contribution in [3.63, 3.8) is 0 Å². The average Bonchev–Trinajstić information content (AvgIpc) is 3.89. The summed E-state index contributed by atoms with van der Waals surface area (Å²) >= 11 is 2.02. The first kappa shape index (κ1) is 34.1. The Morgan fingerprint density at radius 3 is 1.33 bits per heavy atom. The molecule has 0 unspecified atom stereocenters. The first-order valence-electron chi connectivity index (χ1n) is 20.6. The summed E-state index contributed by atoms with van der Waals surface area (Å²) in [6.07, 6.45) is 0. The van der Waals surface area contributed by atoms with Crippen LogP contribution in [0.2, 0.25) is 0 Å². The molecule has 11 aromatic carbocycles. The van der Waals surface area contributed by atoms with E-state index in [0.717, 1.165) is 0 Å². The quantitative estimate of drug-likeness (QED) is 0.122. The summed E-state index contributed by atoms with van der Waals surface area (Å²) in [6.45, 7) is 0. The van der Waals surface area contributed by atoms with Gasteiger partial charge in [0.1, 0.15) is 0 Å². The summed E-state index contributed by atoms with van der Waals surface area (Å²) in [5, 5.41) is 15.8. The number of rotatable bonds is 4. The van der Waals surface area contributed by atoms with Gasteiger partial charge in [0.05, 0.1) is 0 Å². The van der Waals surface area contributed by atoms with Crippen LogP contribution < -0.4 is 0 Å². The molecular weight excluding hydrogens is 808 g/mol. The van der Waals surface area contributed by atoms with Crippen LogP contribution in [0.1, 0.15) is 0 Å². The summed E-state index contributed by atoms with van der Waals surface area (Å²) < 4.78 is 5.61. The zero-order chi connectivity index (χ0) is 39.3. The number of fused-ring (bicyclic) bond motifs is 10. The molecule has 60 heavy (non-hydrogen) atoms. The van der Waals surface area contributed by atoms with E-state index in [4.69, 9.17) is 0 Å². The van der Waals surface area contributed by atoms with E-state index in [9.17, 15) is 0 Å². The molecule has 278 valence electrons. The molecule has 0 fully saturated rings. The molecule has 0 spiro atoms. The van der Waals surface area contributed by atoms with Gasteiger partial charge in [0.15, 0.2) is 0 Å². The molecule has 13 rings (SSSR count). The van der Waals surface area contributed by atoms with Crippen LogP contribution in [0.4, 0.5) is 0 Å². The second kappa shape index (κ2) is 13.4. The van der Waals surface area contributed by atoms with Crippen LogP contribution in [0.5, 0.6) is 0 Å². The Labute approximate surface area is 357 Å². The standard InChI is InChI=1S/C58H34SSe/c1-2-16-35(17-3-1)53-39-19-4-10-25-45(39)56(46-26-11-5-20-40(46)53)50-30-15-28-48-38-33-32-36(34-52(38)60-58(48)50)54-41-21-6-8-23-43(41)55(44-24-9-7-22-42(44)54)49-29-14-27-47-37-18-12-13-31-51(37)59-57(47)49/h1-34H. The van der Waals surface area contributed by atoms with Crippen molar-refractivity contribution in [2.24, 2.45) is 0 Å². The Hall–Kier alpha value is -6.80.